The Balaban J connectivity index is 1.74. The van der Waals surface area contributed by atoms with Gasteiger partial charge < -0.3 is 20.1 Å². The van der Waals surface area contributed by atoms with E-state index >= 15 is 0 Å². The van der Waals surface area contributed by atoms with Gasteiger partial charge in [-0.3, -0.25) is 4.79 Å². The van der Waals surface area contributed by atoms with E-state index in [1.54, 1.807) is 4.57 Å². The Morgan fingerprint density at radius 3 is 2.68 bits per heavy atom. The number of benzene rings is 2. The minimum Gasteiger partial charge on any atom is -0.491 e. The molecule has 0 spiro atoms. The molecule has 1 atom stereocenters. The van der Waals surface area contributed by atoms with E-state index in [9.17, 15) is 14.3 Å². The average Bonchev–Trinajstić information content (AvgIpc) is 2.91. The van der Waals surface area contributed by atoms with Gasteiger partial charge in [-0.25, -0.2) is 9.37 Å². The Morgan fingerprint density at radius 2 is 1.96 bits per heavy atom. The standard InChI is InChI=1S/C18H18FN3O3/c19-12-5-7-14(8-6-12)25-11-13(23)10-22-16-4-2-1-3-15(16)21-18(22)9-17(20)24/h1-8,13,23H,9-11H2,(H2,20,24). The maximum atomic E-state index is 12.9. The zero-order valence-electron chi connectivity index (χ0n) is 13.4. The van der Waals surface area contributed by atoms with Crippen molar-refractivity contribution < 1.29 is 19.0 Å². The van der Waals surface area contributed by atoms with E-state index in [0.717, 1.165) is 11.0 Å². The van der Waals surface area contributed by atoms with Gasteiger partial charge in [0.25, 0.3) is 0 Å². The van der Waals surface area contributed by atoms with Crippen LogP contribution in [0.2, 0.25) is 0 Å². The molecule has 3 aromatic rings. The van der Waals surface area contributed by atoms with Crippen LogP contribution in [0.15, 0.2) is 48.5 Å². The van der Waals surface area contributed by atoms with E-state index in [-0.39, 0.29) is 25.4 Å². The van der Waals surface area contributed by atoms with Gasteiger partial charge in [-0.15, -0.1) is 0 Å². The predicted octanol–water partition coefficient (Wildman–Crippen LogP) is 1.64. The third-order valence-electron chi connectivity index (χ3n) is 3.72. The third-order valence-corrected chi connectivity index (χ3v) is 3.72. The van der Waals surface area contributed by atoms with E-state index in [4.69, 9.17) is 10.5 Å². The van der Waals surface area contributed by atoms with Gasteiger partial charge >= 0.3 is 0 Å². The van der Waals surface area contributed by atoms with Gasteiger partial charge in [-0.1, -0.05) is 12.1 Å². The number of nitrogens with two attached hydrogens (primary N) is 1. The van der Waals surface area contributed by atoms with Crippen LogP contribution in [-0.4, -0.2) is 33.3 Å². The van der Waals surface area contributed by atoms with Gasteiger partial charge in [0.05, 0.1) is 24.0 Å². The molecule has 1 heterocycles. The second-order valence-electron chi connectivity index (χ2n) is 5.69. The number of amides is 1. The fraction of sp³-hybridized carbons (Fsp3) is 0.222. The van der Waals surface area contributed by atoms with Crippen LogP contribution in [0, 0.1) is 5.82 Å². The van der Waals surface area contributed by atoms with Gasteiger partial charge in [0.15, 0.2) is 0 Å². The maximum absolute atomic E-state index is 12.9. The molecule has 0 fully saturated rings. The number of para-hydroxylation sites is 2. The number of aromatic nitrogens is 2. The van der Waals surface area contributed by atoms with Gasteiger partial charge in [-0.2, -0.15) is 0 Å². The van der Waals surface area contributed by atoms with Crippen molar-refractivity contribution in [3.05, 3.63) is 60.2 Å². The fourth-order valence-corrected chi connectivity index (χ4v) is 2.61. The first-order valence-electron chi connectivity index (χ1n) is 7.82. The van der Waals surface area contributed by atoms with Gasteiger partial charge in [-0.05, 0) is 36.4 Å². The zero-order valence-corrected chi connectivity index (χ0v) is 13.4. The number of ether oxygens (including phenoxy) is 1. The van der Waals surface area contributed by atoms with Crippen LogP contribution in [0.1, 0.15) is 5.82 Å². The van der Waals surface area contributed by atoms with Gasteiger partial charge in [0, 0.05) is 0 Å². The lowest BCUT2D eigenvalue weighted by Crippen LogP contribution is -2.26. The summed E-state index contributed by atoms with van der Waals surface area (Å²) >= 11 is 0. The molecular weight excluding hydrogens is 325 g/mol. The molecule has 1 unspecified atom stereocenters. The van der Waals surface area contributed by atoms with Crippen molar-refractivity contribution in [1.82, 2.24) is 9.55 Å². The average molecular weight is 343 g/mol. The number of halogens is 1. The number of rotatable bonds is 7. The van der Waals surface area contributed by atoms with Crippen LogP contribution in [0.25, 0.3) is 11.0 Å². The molecule has 3 rings (SSSR count). The molecule has 1 amide bonds. The van der Waals surface area contributed by atoms with Crippen molar-refractivity contribution in [2.75, 3.05) is 6.61 Å². The van der Waals surface area contributed by atoms with Gasteiger partial charge in [0.1, 0.15) is 30.1 Å². The Kier molecular flexibility index (Phi) is 4.95. The second-order valence-corrected chi connectivity index (χ2v) is 5.69. The zero-order chi connectivity index (χ0) is 17.8. The first kappa shape index (κ1) is 16.9. The molecule has 3 N–H and O–H groups in total. The SMILES string of the molecule is NC(=O)Cc1nc2ccccc2n1CC(O)COc1ccc(F)cc1. The molecular formula is C18H18FN3O3. The molecule has 0 bridgehead atoms. The lowest BCUT2D eigenvalue weighted by Gasteiger charge is -2.15. The summed E-state index contributed by atoms with van der Waals surface area (Å²) in [6.07, 6.45) is -0.852. The molecule has 6 nitrogen and oxygen atoms in total. The van der Waals surface area contributed by atoms with E-state index in [2.05, 4.69) is 4.98 Å². The third kappa shape index (κ3) is 4.13. The molecule has 1 aromatic heterocycles. The number of imidazole rings is 1. The van der Waals surface area contributed by atoms with Crippen molar-refractivity contribution in [2.45, 2.75) is 19.1 Å². The summed E-state index contributed by atoms with van der Waals surface area (Å²) in [7, 11) is 0. The Bertz CT molecular complexity index is 877. The first-order valence-corrected chi connectivity index (χ1v) is 7.82. The molecule has 0 saturated heterocycles. The van der Waals surface area contributed by atoms with Crippen molar-refractivity contribution in [2.24, 2.45) is 5.73 Å². The Hall–Kier alpha value is -2.93. The number of carbonyl (C=O) groups is 1. The maximum Gasteiger partial charge on any atom is 0.225 e. The summed E-state index contributed by atoms with van der Waals surface area (Å²) in [5.74, 6) is 0.116. The van der Waals surface area contributed by atoms with Gasteiger partial charge in [0.2, 0.25) is 5.91 Å². The van der Waals surface area contributed by atoms with E-state index < -0.39 is 12.0 Å². The number of aliphatic hydroxyl groups excluding tert-OH is 1. The highest BCUT2D eigenvalue weighted by atomic mass is 19.1. The summed E-state index contributed by atoms with van der Waals surface area (Å²) < 4.78 is 20.1. The Morgan fingerprint density at radius 1 is 1.24 bits per heavy atom. The minimum absolute atomic E-state index is 0.0137. The first-order chi connectivity index (χ1) is 12.0. The molecule has 0 aliphatic heterocycles. The van der Waals surface area contributed by atoms with Crippen LogP contribution in [-0.2, 0) is 17.8 Å². The number of hydrogen-bond acceptors (Lipinski definition) is 4. The van der Waals surface area contributed by atoms with Crippen LogP contribution in [0.5, 0.6) is 5.75 Å². The molecule has 2 aromatic carbocycles. The lowest BCUT2D eigenvalue weighted by atomic mass is 10.3. The lowest BCUT2D eigenvalue weighted by molar-refractivity contribution is -0.117. The highest BCUT2D eigenvalue weighted by Gasteiger charge is 2.16. The highest BCUT2D eigenvalue weighted by Crippen LogP contribution is 2.18. The van der Waals surface area contributed by atoms with Crippen molar-refractivity contribution >= 4 is 16.9 Å². The van der Waals surface area contributed by atoms with Crippen LogP contribution < -0.4 is 10.5 Å². The summed E-state index contributed by atoms with van der Waals surface area (Å²) in [5.41, 5.74) is 6.82. The molecule has 7 heteroatoms. The van der Waals surface area contributed by atoms with Crippen LogP contribution in [0.4, 0.5) is 4.39 Å². The van der Waals surface area contributed by atoms with Crippen molar-refractivity contribution in [3.8, 4) is 5.75 Å². The Labute approximate surface area is 143 Å². The summed E-state index contributed by atoms with van der Waals surface area (Å²) in [6.45, 7) is 0.221. The monoisotopic (exact) mass is 343 g/mol. The molecule has 25 heavy (non-hydrogen) atoms. The molecule has 130 valence electrons. The topological polar surface area (TPSA) is 90.4 Å². The van der Waals surface area contributed by atoms with E-state index in [0.29, 0.717) is 11.6 Å². The summed E-state index contributed by atoms with van der Waals surface area (Å²) in [6, 6.07) is 13.0. The predicted molar refractivity (Wildman–Crippen MR) is 90.5 cm³/mol. The number of fused-ring (bicyclic) bond motifs is 1. The molecule has 0 aliphatic carbocycles. The molecule has 0 aliphatic rings. The number of carbonyl (C=O) groups excluding carboxylic acids is 1. The largest absolute Gasteiger partial charge is 0.491 e. The second kappa shape index (κ2) is 7.31. The highest BCUT2D eigenvalue weighted by molar-refractivity contribution is 5.80. The van der Waals surface area contributed by atoms with E-state index in [1.807, 2.05) is 24.3 Å². The molecule has 0 saturated carbocycles. The summed E-state index contributed by atoms with van der Waals surface area (Å²) in [4.78, 5) is 15.7. The number of nitrogens with zero attached hydrogens (tertiary/aromatic N) is 2. The normalized spacial score (nSPS) is 12.2. The number of primary amides is 1. The van der Waals surface area contributed by atoms with Crippen LogP contribution in [0.3, 0.4) is 0 Å². The van der Waals surface area contributed by atoms with E-state index in [1.165, 1.54) is 24.3 Å². The quantitative estimate of drug-likeness (QED) is 0.682. The van der Waals surface area contributed by atoms with Crippen molar-refractivity contribution in [1.29, 1.82) is 0 Å². The minimum atomic E-state index is -0.839. The number of hydrogen-bond donors (Lipinski definition) is 2. The van der Waals surface area contributed by atoms with Crippen LogP contribution >= 0.6 is 0 Å². The summed E-state index contributed by atoms with van der Waals surface area (Å²) in [5, 5.41) is 10.3. The van der Waals surface area contributed by atoms with Crippen molar-refractivity contribution in [3.63, 3.8) is 0 Å². The smallest absolute Gasteiger partial charge is 0.225 e. The fourth-order valence-electron chi connectivity index (χ4n) is 2.61. The molecule has 0 radical (unpaired) electrons. The number of aliphatic hydroxyl groups is 1.